The third kappa shape index (κ3) is 3.91. The van der Waals surface area contributed by atoms with Gasteiger partial charge in [-0.15, -0.1) is 0 Å². The first kappa shape index (κ1) is 14.4. The summed E-state index contributed by atoms with van der Waals surface area (Å²) in [6.45, 7) is 0.484. The zero-order valence-corrected chi connectivity index (χ0v) is 11.8. The van der Waals surface area contributed by atoms with E-state index < -0.39 is 10.0 Å². The van der Waals surface area contributed by atoms with Crippen molar-refractivity contribution in [3.05, 3.63) is 16.7 Å². The van der Waals surface area contributed by atoms with E-state index in [2.05, 4.69) is 25.6 Å². The molecule has 0 fully saturated rings. The quantitative estimate of drug-likeness (QED) is 0.782. The second kappa shape index (κ2) is 6.29. The van der Waals surface area contributed by atoms with Crippen molar-refractivity contribution >= 4 is 26.0 Å². The van der Waals surface area contributed by atoms with Crippen LogP contribution in [0.2, 0.25) is 0 Å². The van der Waals surface area contributed by atoms with Gasteiger partial charge >= 0.3 is 0 Å². The molecule has 0 aliphatic rings. The summed E-state index contributed by atoms with van der Waals surface area (Å²) >= 11 is 3.16. The van der Waals surface area contributed by atoms with Gasteiger partial charge in [-0.1, -0.05) is 0 Å². The van der Waals surface area contributed by atoms with Crippen LogP contribution in [0.4, 0.5) is 0 Å². The Hall–Kier alpha value is -0.700. The van der Waals surface area contributed by atoms with Crippen LogP contribution in [-0.4, -0.2) is 40.8 Å². The van der Waals surface area contributed by atoms with Gasteiger partial charge < -0.3 is 9.47 Å². The van der Waals surface area contributed by atoms with E-state index in [1.165, 1.54) is 26.5 Å². The van der Waals surface area contributed by atoms with Gasteiger partial charge in [-0.05, 0) is 22.0 Å². The molecule has 96 valence electrons. The number of nitrogens with zero attached hydrogens (tertiary/aromatic N) is 1. The predicted molar refractivity (Wildman–Crippen MR) is 65.6 cm³/mol. The van der Waals surface area contributed by atoms with Gasteiger partial charge in [0.1, 0.15) is 4.90 Å². The lowest BCUT2D eigenvalue weighted by molar-refractivity contribution is 0.204. The fourth-order valence-corrected chi connectivity index (χ4v) is 2.75. The van der Waals surface area contributed by atoms with Crippen LogP contribution in [0.25, 0.3) is 0 Å². The van der Waals surface area contributed by atoms with E-state index in [4.69, 9.17) is 9.47 Å². The summed E-state index contributed by atoms with van der Waals surface area (Å²) in [5.74, 6) is 0.0538. The Kier molecular flexibility index (Phi) is 5.31. The number of ether oxygens (including phenoxy) is 2. The first-order valence-corrected chi connectivity index (χ1v) is 6.97. The minimum Gasteiger partial charge on any atom is -0.480 e. The van der Waals surface area contributed by atoms with Crippen LogP contribution in [0.15, 0.2) is 21.6 Å². The van der Waals surface area contributed by atoms with Crippen LogP contribution < -0.4 is 9.46 Å². The Morgan fingerprint density at radius 1 is 1.47 bits per heavy atom. The second-order valence-corrected chi connectivity index (χ2v) is 5.70. The Labute approximate surface area is 109 Å². The third-order valence-electron chi connectivity index (χ3n) is 1.87. The maximum absolute atomic E-state index is 11.9. The Morgan fingerprint density at radius 3 is 2.76 bits per heavy atom. The molecule has 0 unspecified atom stereocenters. The minimum absolute atomic E-state index is 0.00882. The standard InChI is InChI=1S/C9H13BrN2O4S/c1-15-4-3-12-17(13,14)8-5-7(10)6-11-9(8)16-2/h5-6,12H,3-4H2,1-2H3. The molecule has 0 spiro atoms. The molecular weight excluding hydrogens is 312 g/mol. The number of nitrogens with one attached hydrogen (secondary N) is 1. The Morgan fingerprint density at radius 2 is 2.18 bits per heavy atom. The van der Waals surface area contributed by atoms with Crippen LogP contribution >= 0.6 is 15.9 Å². The van der Waals surface area contributed by atoms with Crippen molar-refractivity contribution in [2.24, 2.45) is 0 Å². The highest BCUT2D eigenvalue weighted by atomic mass is 79.9. The van der Waals surface area contributed by atoms with Crippen molar-refractivity contribution in [2.75, 3.05) is 27.4 Å². The van der Waals surface area contributed by atoms with E-state index in [-0.39, 0.29) is 17.3 Å². The molecule has 0 saturated carbocycles. The van der Waals surface area contributed by atoms with Crippen molar-refractivity contribution in [3.8, 4) is 5.88 Å². The molecule has 0 amide bonds. The molecule has 17 heavy (non-hydrogen) atoms. The van der Waals surface area contributed by atoms with Crippen LogP contribution in [0, 0.1) is 0 Å². The lowest BCUT2D eigenvalue weighted by Crippen LogP contribution is -2.27. The van der Waals surface area contributed by atoms with Crippen LogP contribution in [-0.2, 0) is 14.8 Å². The molecule has 0 aliphatic carbocycles. The van der Waals surface area contributed by atoms with Crippen LogP contribution in [0.1, 0.15) is 0 Å². The summed E-state index contributed by atoms with van der Waals surface area (Å²) in [5.41, 5.74) is 0. The summed E-state index contributed by atoms with van der Waals surface area (Å²) in [4.78, 5) is 3.86. The number of hydrogen-bond donors (Lipinski definition) is 1. The van der Waals surface area contributed by atoms with E-state index in [0.29, 0.717) is 11.1 Å². The van der Waals surface area contributed by atoms with Gasteiger partial charge in [0.05, 0.1) is 13.7 Å². The predicted octanol–water partition coefficient (Wildman–Crippen LogP) is 0.777. The van der Waals surface area contributed by atoms with Crippen LogP contribution in [0.5, 0.6) is 5.88 Å². The molecule has 1 N–H and O–H groups in total. The van der Waals surface area contributed by atoms with Gasteiger partial charge in [0, 0.05) is 24.3 Å². The Bertz CT molecular complexity index is 478. The summed E-state index contributed by atoms with van der Waals surface area (Å²) in [6.07, 6.45) is 1.47. The molecule has 1 heterocycles. The van der Waals surface area contributed by atoms with Gasteiger partial charge in [0.2, 0.25) is 15.9 Å². The van der Waals surface area contributed by atoms with Crippen LogP contribution in [0.3, 0.4) is 0 Å². The molecule has 1 rings (SSSR count). The molecule has 0 aromatic carbocycles. The summed E-state index contributed by atoms with van der Waals surface area (Å²) in [5, 5.41) is 0. The molecule has 1 aromatic heterocycles. The molecule has 6 nitrogen and oxygen atoms in total. The number of sulfonamides is 1. The largest absolute Gasteiger partial charge is 0.480 e. The number of rotatable bonds is 6. The second-order valence-electron chi connectivity index (χ2n) is 3.05. The highest BCUT2D eigenvalue weighted by Gasteiger charge is 2.20. The average Bonchev–Trinajstić information content (AvgIpc) is 2.29. The van der Waals surface area contributed by atoms with Gasteiger partial charge in [-0.3, -0.25) is 0 Å². The molecular formula is C9H13BrN2O4S. The van der Waals surface area contributed by atoms with Gasteiger partial charge in [-0.2, -0.15) is 0 Å². The van der Waals surface area contributed by atoms with E-state index in [9.17, 15) is 8.42 Å². The SMILES string of the molecule is COCCNS(=O)(=O)c1cc(Br)cnc1OC. The first-order chi connectivity index (χ1) is 8.01. The van der Waals surface area contributed by atoms with Crippen molar-refractivity contribution in [1.29, 1.82) is 0 Å². The Balaban J connectivity index is 3.00. The normalized spacial score (nSPS) is 11.5. The fraction of sp³-hybridized carbons (Fsp3) is 0.444. The first-order valence-electron chi connectivity index (χ1n) is 4.69. The van der Waals surface area contributed by atoms with Gasteiger partial charge in [0.15, 0.2) is 0 Å². The average molecular weight is 325 g/mol. The molecule has 1 aromatic rings. The number of pyridine rings is 1. The van der Waals surface area contributed by atoms with E-state index in [0.717, 1.165) is 0 Å². The highest BCUT2D eigenvalue weighted by Crippen LogP contribution is 2.23. The molecule has 0 atom stereocenters. The molecule has 0 bridgehead atoms. The van der Waals surface area contributed by atoms with Crippen molar-refractivity contribution in [3.63, 3.8) is 0 Å². The molecule has 0 aliphatic heterocycles. The van der Waals surface area contributed by atoms with Crippen molar-refractivity contribution in [2.45, 2.75) is 4.90 Å². The maximum atomic E-state index is 11.9. The van der Waals surface area contributed by atoms with E-state index >= 15 is 0 Å². The highest BCUT2D eigenvalue weighted by molar-refractivity contribution is 9.10. The van der Waals surface area contributed by atoms with Crippen molar-refractivity contribution in [1.82, 2.24) is 9.71 Å². The van der Waals surface area contributed by atoms with Crippen molar-refractivity contribution < 1.29 is 17.9 Å². The van der Waals surface area contributed by atoms with E-state index in [1.807, 2.05) is 0 Å². The zero-order valence-electron chi connectivity index (χ0n) is 9.44. The number of halogens is 1. The lowest BCUT2D eigenvalue weighted by Gasteiger charge is -2.09. The number of methoxy groups -OCH3 is 2. The summed E-state index contributed by atoms with van der Waals surface area (Å²) in [7, 11) is -0.784. The number of aromatic nitrogens is 1. The summed E-state index contributed by atoms with van der Waals surface area (Å²) in [6, 6.07) is 1.43. The number of hydrogen-bond acceptors (Lipinski definition) is 5. The molecule has 8 heteroatoms. The smallest absolute Gasteiger partial charge is 0.246 e. The summed E-state index contributed by atoms with van der Waals surface area (Å²) < 4.78 is 36.5. The maximum Gasteiger partial charge on any atom is 0.246 e. The molecule has 0 saturated heterocycles. The van der Waals surface area contributed by atoms with Gasteiger partial charge in [0.25, 0.3) is 0 Å². The molecule has 0 radical (unpaired) electrons. The van der Waals surface area contributed by atoms with Gasteiger partial charge in [-0.25, -0.2) is 18.1 Å². The lowest BCUT2D eigenvalue weighted by atomic mass is 10.5. The van der Waals surface area contributed by atoms with E-state index in [1.54, 1.807) is 0 Å². The fourth-order valence-electron chi connectivity index (χ4n) is 1.11. The minimum atomic E-state index is -3.65. The monoisotopic (exact) mass is 324 g/mol. The third-order valence-corrected chi connectivity index (χ3v) is 3.76. The zero-order chi connectivity index (χ0) is 12.9. The topological polar surface area (TPSA) is 77.5 Å².